The summed E-state index contributed by atoms with van der Waals surface area (Å²) in [5.74, 6) is 1.34. The Labute approximate surface area is 151 Å². The molecule has 0 amide bonds. The van der Waals surface area contributed by atoms with Crippen molar-refractivity contribution in [2.24, 2.45) is 4.99 Å². The van der Waals surface area contributed by atoms with E-state index in [1.807, 2.05) is 44.9 Å². The van der Waals surface area contributed by atoms with Gasteiger partial charge in [-0.15, -0.1) is 0 Å². The predicted molar refractivity (Wildman–Crippen MR) is 102 cm³/mol. The van der Waals surface area contributed by atoms with Gasteiger partial charge in [-0.2, -0.15) is 0 Å². The van der Waals surface area contributed by atoms with E-state index in [9.17, 15) is 4.21 Å². The molecule has 1 aromatic rings. The van der Waals surface area contributed by atoms with Crippen LogP contribution in [-0.2, 0) is 17.3 Å². The van der Waals surface area contributed by atoms with Crippen LogP contribution in [0.5, 0.6) is 0 Å². The van der Waals surface area contributed by atoms with E-state index in [4.69, 9.17) is 23.2 Å². The van der Waals surface area contributed by atoms with Gasteiger partial charge in [-0.1, -0.05) is 29.3 Å². The Morgan fingerprint density at radius 3 is 2.48 bits per heavy atom. The van der Waals surface area contributed by atoms with Crippen LogP contribution in [0.4, 0.5) is 0 Å². The van der Waals surface area contributed by atoms with Gasteiger partial charge in [-0.25, -0.2) is 0 Å². The van der Waals surface area contributed by atoms with E-state index < -0.39 is 10.8 Å². The first kappa shape index (κ1) is 20.3. The molecule has 0 saturated carbocycles. The maximum atomic E-state index is 12.1. The van der Waals surface area contributed by atoms with E-state index in [-0.39, 0.29) is 4.75 Å². The molecular formula is C16H25Cl2N3OS. The molecule has 1 N–H and O–H groups in total. The third-order valence-electron chi connectivity index (χ3n) is 3.23. The van der Waals surface area contributed by atoms with Gasteiger partial charge in [0.2, 0.25) is 0 Å². The molecule has 0 aliphatic rings. The zero-order chi connectivity index (χ0) is 17.6. The van der Waals surface area contributed by atoms with Crippen LogP contribution >= 0.6 is 23.2 Å². The van der Waals surface area contributed by atoms with Crippen LogP contribution in [0.2, 0.25) is 10.0 Å². The molecule has 0 aliphatic heterocycles. The molecule has 1 aromatic carbocycles. The molecule has 1 atom stereocenters. The number of rotatable bonds is 5. The predicted octanol–water partition coefficient (Wildman–Crippen LogP) is 3.55. The van der Waals surface area contributed by atoms with Gasteiger partial charge in [0, 0.05) is 48.5 Å². The molecule has 0 saturated heterocycles. The molecule has 0 fully saturated rings. The van der Waals surface area contributed by atoms with Gasteiger partial charge < -0.3 is 10.2 Å². The molecule has 1 rings (SSSR count). The molecule has 0 radical (unpaired) electrons. The summed E-state index contributed by atoms with van der Waals surface area (Å²) in [7, 11) is 2.79. The minimum Gasteiger partial charge on any atom is -0.355 e. The number of hydrogen-bond donors (Lipinski definition) is 1. The van der Waals surface area contributed by atoms with E-state index in [0.29, 0.717) is 28.9 Å². The van der Waals surface area contributed by atoms with Gasteiger partial charge in [0.1, 0.15) is 0 Å². The molecule has 7 heteroatoms. The number of guanidine groups is 1. The lowest BCUT2D eigenvalue weighted by atomic mass is 10.2. The fourth-order valence-corrected chi connectivity index (χ4v) is 3.15. The molecule has 0 aliphatic carbocycles. The largest absolute Gasteiger partial charge is 0.355 e. The van der Waals surface area contributed by atoms with Crippen LogP contribution in [0.1, 0.15) is 26.3 Å². The number of halogens is 2. The third kappa shape index (κ3) is 6.69. The van der Waals surface area contributed by atoms with E-state index in [2.05, 4.69) is 10.3 Å². The van der Waals surface area contributed by atoms with Crippen molar-refractivity contribution in [3.8, 4) is 0 Å². The van der Waals surface area contributed by atoms with Gasteiger partial charge in [0.05, 0.1) is 10.0 Å². The van der Waals surface area contributed by atoms with Crippen molar-refractivity contribution in [1.29, 1.82) is 0 Å². The average molecular weight is 378 g/mol. The minimum atomic E-state index is -0.881. The van der Waals surface area contributed by atoms with Crippen molar-refractivity contribution >= 4 is 40.0 Å². The molecule has 0 bridgehead atoms. The lowest BCUT2D eigenvalue weighted by Crippen LogP contribution is -2.41. The van der Waals surface area contributed by atoms with Gasteiger partial charge >= 0.3 is 0 Å². The van der Waals surface area contributed by atoms with E-state index in [0.717, 1.165) is 11.5 Å². The zero-order valence-electron chi connectivity index (χ0n) is 14.3. The second-order valence-electron chi connectivity index (χ2n) is 6.24. The first-order valence-electron chi connectivity index (χ1n) is 7.39. The molecule has 4 nitrogen and oxygen atoms in total. The van der Waals surface area contributed by atoms with E-state index in [1.165, 1.54) is 0 Å². The summed E-state index contributed by atoms with van der Waals surface area (Å²) in [5, 5.41) is 4.33. The molecule has 1 unspecified atom stereocenters. The lowest BCUT2D eigenvalue weighted by Gasteiger charge is -2.23. The number of nitrogens with zero attached hydrogens (tertiary/aromatic N) is 2. The van der Waals surface area contributed by atoms with Crippen LogP contribution in [0.25, 0.3) is 0 Å². The Morgan fingerprint density at radius 2 is 1.96 bits per heavy atom. The molecule has 0 heterocycles. The highest BCUT2D eigenvalue weighted by molar-refractivity contribution is 7.86. The summed E-state index contributed by atoms with van der Waals surface area (Å²) >= 11 is 12.0. The number of aliphatic imine (C=N–C) groups is 1. The smallest absolute Gasteiger partial charge is 0.193 e. The topological polar surface area (TPSA) is 44.7 Å². The normalized spacial score (nSPS) is 13.8. The highest BCUT2D eigenvalue weighted by Crippen LogP contribution is 2.23. The fourth-order valence-electron chi connectivity index (χ4n) is 1.93. The number of nitrogens with one attached hydrogen (secondary N) is 1. The Hall–Kier alpha value is -0.780. The van der Waals surface area contributed by atoms with Gasteiger partial charge in [-0.05, 0) is 38.5 Å². The van der Waals surface area contributed by atoms with Crippen molar-refractivity contribution in [1.82, 2.24) is 10.2 Å². The Bertz CT molecular complexity index is 585. The average Bonchev–Trinajstić information content (AvgIpc) is 2.46. The highest BCUT2D eigenvalue weighted by Gasteiger charge is 2.19. The maximum Gasteiger partial charge on any atom is 0.193 e. The molecule has 23 heavy (non-hydrogen) atoms. The Kier molecular flexibility index (Phi) is 7.84. The van der Waals surface area contributed by atoms with Crippen molar-refractivity contribution < 1.29 is 4.21 Å². The van der Waals surface area contributed by atoms with E-state index >= 15 is 0 Å². The lowest BCUT2D eigenvalue weighted by molar-refractivity contribution is 0.479. The quantitative estimate of drug-likeness (QED) is 0.630. The number of hydrogen-bond acceptors (Lipinski definition) is 2. The molecule has 130 valence electrons. The summed E-state index contributed by atoms with van der Waals surface area (Å²) in [6.45, 7) is 7.21. The van der Waals surface area contributed by atoms with Crippen LogP contribution in [-0.4, -0.2) is 46.2 Å². The second-order valence-corrected chi connectivity index (χ2v) is 9.38. The second kappa shape index (κ2) is 8.90. The highest BCUT2D eigenvalue weighted by atomic mass is 35.5. The van der Waals surface area contributed by atoms with Crippen LogP contribution in [0, 0.1) is 0 Å². The Balaban J connectivity index is 2.57. The summed E-state index contributed by atoms with van der Waals surface area (Å²) in [5.41, 5.74) is 1.04. The van der Waals surface area contributed by atoms with Crippen LogP contribution < -0.4 is 5.32 Å². The molecule has 0 spiro atoms. The number of benzene rings is 1. The Morgan fingerprint density at radius 1 is 1.30 bits per heavy atom. The van der Waals surface area contributed by atoms with Crippen molar-refractivity contribution in [2.75, 3.05) is 26.4 Å². The standard InChI is InChI=1S/C16H25Cl2N3OS/c1-16(2,3)23(22)9-8-20-15(19-4)21(5)11-12-6-7-13(17)14(18)10-12/h6-7,10H,8-9,11H2,1-5H3,(H,19,20). The van der Waals surface area contributed by atoms with Crippen molar-refractivity contribution in [3.05, 3.63) is 33.8 Å². The minimum absolute atomic E-state index is 0.197. The summed E-state index contributed by atoms with van der Waals surface area (Å²) < 4.78 is 11.9. The van der Waals surface area contributed by atoms with Gasteiger partial charge in [0.15, 0.2) is 5.96 Å². The van der Waals surface area contributed by atoms with Crippen LogP contribution in [0.15, 0.2) is 23.2 Å². The zero-order valence-corrected chi connectivity index (χ0v) is 16.6. The summed E-state index contributed by atoms with van der Waals surface area (Å²) in [4.78, 5) is 6.24. The molecule has 0 aromatic heterocycles. The van der Waals surface area contributed by atoms with E-state index in [1.54, 1.807) is 13.1 Å². The van der Waals surface area contributed by atoms with Crippen molar-refractivity contribution in [2.45, 2.75) is 32.1 Å². The maximum absolute atomic E-state index is 12.1. The summed E-state index contributed by atoms with van der Waals surface area (Å²) in [6.07, 6.45) is 0. The third-order valence-corrected chi connectivity index (χ3v) is 5.91. The SMILES string of the molecule is CN=C(NCCS(=O)C(C)(C)C)N(C)Cc1ccc(Cl)c(Cl)c1. The summed E-state index contributed by atoms with van der Waals surface area (Å²) in [6, 6.07) is 5.57. The monoisotopic (exact) mass is 377 g/mol. The molecular weight excluding hydrogens is 353 g/mol. The first-order valence-corrected chi connectivity index (χ1v) is 9.47. The fraction of sp³-hybridized carbons (Fsp3) is 0.562. The van der Waals surface area contributed by atoms with Gasteiger partial charge in [-0.3, -0.25) is 9.20 Å². The van der Waals surface area contributed by atoms with Crippen LogP contribution in [0.3, 0.4) is 0 Å². The van der Waals surface area contributed by atoms with Crippen molar-refractivity contribution in [3.63, 3.8) is 0 Å². The van der Waals surface area contributed by atoms with Gasteiger partial charge in [0.25, 0.3) is 0 Å². The first-order chi connectivity index (χ1) is 10.6.